The number of sulfonamides is 1. The van der Waals surface area contributed by atoms with E-state index in [1.807, 2.05) is 30.3 Å². The molecule has 1 saturated heterocycles. The molecule has 174 valence electrons. The van der Waals surface area contributed by atoms with Crippen molar-refractivity contribution in [2.75, 3.05) is 13.1 Å². The molecule has 1 aromatic rings. The third-order valence-electron chi connectivity index (χ3n) is 8.78. The van der Waals surface area contributed by atoms with Gasteiger partial charge in [0.25, 0.3) is 0 Å². The molecule has 0 radical (unpaired) electrons. The summed E-state index contributed by atoms with van der Waals surface area (Å²) in [6.07, 6.45) is 10.9. The van der Waals surface area contributed by atoms with Gasteiger partial charge in [-0.1, -0.05) is 30.3 Å². The molecule has 1 aliphatic heterocycles. The van der Waals surface area contributed by atoms with Gasteiger partial charge >= 0.3 is 0 Å². The molecule has 1 heterocycles. The van der Waals surface area contributed by atoms with Gasteiger partial charge in [-0.3, -0.25) is 4.79 Å². The van der Waals surface area contributed by atoms with Crippen molar-refractivity contribution < 1.29 is 13.2 Å². The maximum Gasteiger partial charge on any atom is 0.236 e. The average molecular weight is 457 g/mol. The largest absolute Gasteiger partial charge is 0.353 e. The predicted molar refractivity (Wildman–Crippen MR) is 127 cm³/mol. The fraction of sp³-hybridized carbons (Fsp3) is 0.654. The van der Waals surface area contributed by atoms with Crippen molar-refractivity contribution in [1.82, 2.24) is 9.62 Å². The van der Waals surface area contributed by atoms with Crippen molar-refractivity contribution in [3.8, 4) is 0 Å². The Bertz CT molecular complexity index is 929. The van der Waals surface area contributed by atoms with E-state index in [0.29, 0.717) is 31.3 Å². The summed E-state index contributed by atoms with van der Waals surface area (Å²) < 4.78 is 26.9. The second-order valence-electron chi connectivity index (χ2n) is 10.9. The number of rotatable bonds is 6. The number of hydrogen-bond donors (Lipinski definition) is 1. The van der Waals surface area contributed by atoms with E-state index >= 15 is 0 Å². The minimum absolute atomic E-state index is 0.0871. The lowest BCUT2D eigenvalue weighted by Gasteiger charge is -2.59. The first kappa shape index (κ1) is 22.1. The highest BCUT2D eigenvalue weighted by atomic mass is 32.2. The van der Waals surface area contributed by atoms with E-state index in [1.54, 1.807) is 6.08 Å². The van der Waals surface area contributed by atoms with Crippen molar-refractivity contribution in [3.05, 3.63) is 41.3 Å². The standard InChI is InChI=1S/C26H36N2O3S/c1-19(26-16-21-13-22(17-26)15-23(14-21)18-26)27-25(29)24-7-10-28(11-8-24)32(30,31)12-9-20-5-3-2-4-6-20/h2-6,9,12,19,21-24H,7-8,10-11,13-18H2,1H3,(H,27,29). The zero-order valence-corrected chi connectivity index (χ0v) is 19.9. The number of carbonyl (C=O) groups excluding carboxylic acids is 1. The van der Waals surface area contributed by atoms with Crippen LogP contribution < -0.4 is 5.32 Å². The molecule has 5 aliphatic rings. The van der Waals surface area contributed by atoms with Crippen LogP contribution in [0.15, 0.2) is 35.7 Å². The van der Waals surface area contributed by atoms with Crippen LogP contribution in [0.5, 0.6) is 0 Å². The van der Waals surface area contributed by atoms with E-state index in [-0.39, 0.29) is 17.9 Å². The summed E-state index contributed by atoms with van der Waals surface area (Å²) in [5.41, 5.74) is 1.17. The maximum absolute atomic E-state index is 13.1. The molecule has 1 aromatic carbocycles. The lowest BCUT2D eigenvalue weighted by molar-refractivity contribution is -0.130. The summed E-state index contributed by atoms with van der Waals surface area (Å²) in [5, 5.41) is 4.68. The first-order chi connectivity index (χ1) is 15.3. The van der Waals surface area contributed by atoms with Gasteiger partial charge in [0.1, 0.15) is 0 Å². The minimum atomic E-state index is -3.46. The molecule has 4 bridgehead atoms. The molecule has 4 aliphatic carbocycles. The number of piperidine rings is 1. The monoisotopic (exact) mass is 456 g/mol. The molecule has 5 nitrogen and oxygen atoms in total. The summed E-state index contributed by atoms with van der Waals surface area (Å²) in [6, 6.07) is 9.67. The van der Waals surface area contributed by atoms with Crippen LogP contribution >= 0.6 is 0 Å². The van der Waals surface area contributed by atoms with E-state index in [1.165, 1.54) is 48.2 Å². The first-order valence-corrected chi connectivity index (χ1v) is 13.9. The van der Waals surface area contributed by atoms with Crippen molar-refractivity contribution in [1.29, 1.82) is 0 Å². The minimum Gasteiger partial charge on any atom is -0.353 e. The molecule has 6 heteroatoms. The summed E-state index contributed by atoms with van der Waals surface area (Å²) >= 11 is 0. The Hall–Kier alpha value is -1.66. The lowest BCUT2D eigenvalue weighted by Crippen LogP contribution is -2.56. The van der Waals surface area contributed by atoms with Gasteiger partial charge in [-0.2, -0.15) is 4.31 Å². The Labute approximate surface area is 192 Å². The highest BCUT2D eigenvalue weighted by Crippen LogP contribution is 2.61. The van der Waals surface area contributed by atoms with Crippen molar-refractivity contribution in [3.63, 3.8) is 0 Å². The van der Waals surface area contributed by atoms with Crippen molar-refractivity contribution in [2.24, 2.45) is 29.1 Å². The molecule has 6 rings (SSSR count). The van der Waals surface area contributed by atoms with Gasteiger partial charge in [0.05, 0.1) is 0 Å². The molecule has 0 spiro atoms. The summed E-state index contributed by atoms with van der Waals surface area (Å²) in [4.78, 5) is 13.1. The number of nitrogens with one attached hydrogen (secondary N) is 1. The quantitative estimate of drug-likeness (QED) is 0.689. The van der Waals surface area contributed by atoms with E-state index in [4.69, 9.17) is 0 Å². The predicted octanol–water partition coefficient (Wildman–Crippen LogP) is 4.42. The van der Waals surface area contributed by atoms with E-state index in [2.05, 4.69) is 12.2 Å². The van der Waals surface area contributed by atoms with Crippen molar-refractivity contribution >= 4 is 22.0 Å². The van der Waals surface area contributed by atoms with Crippen molar-refractivity contribution in [2.45, 2.75) is 64.3 Å². The number of amides is 1. The summed E-state index contributed by atoms with van der Waals surface area (Å²) in [5.74, 6) is 2.66. The molecule has 1 N–H and O–H groups in total. The van der Waals surface area contributed by atoms with Gasteiger partial charge in [-0.05, 0) is 93.1 Å². The summed E-state index contributed by atoms with van der Waals surface area (Å²) in [7, 11) is -3.46. The van der Waals surface area contributed by atoms with Crippen LogP contribution in [-0.4, -0.2) is 37.8 Å². The molecule has 1 atom stereocenters. The fourth-order valence-corrected chi connectivity index (χ4v) is 8.60. The van der Waals surface area contributed by atoms with Crippen LogP contribution in [0.3, 0.4) is 0 Å². The average Bonchev–Trinajstić information content (AvgIpc) is 2.77. The topological polar surface area (TPSA) is 66.5 Å². The second-order valence-corrected chi connectivity index (χ2v) is 12.8. The Morgan fingerprint density at radius 1 is 1.03 bits per heavy atom. The number of nitrogens with zero attached hydrogens (tertiary/aromatic N) is 1. The molecule has 4 saturated carbocycles. The highest BCUT2D eigenvalue weighted by molar-refractivity contribution is 7.92. The van der Waals surface area contributed by atoms with Crippen LogP contribution in [0.1, 0.15) is 63.9 Å². The highest BCUT2D eigenvalue weighted by Gasteiger charge is 2.53. The molecular formula is C26H36N2O3S. The molecule has 0 aromatic heterocycles. The Morgan fingerprint density at radius 3 is 2.16 bits per heavy atom. The second kappa shape index (κ2) is 8.60. The van der Waals surface area contributed by atoms with Crippen LogP contribution in [-0.2, 0) is 14.8 Å². The molecule has 5 fully saturated rings. The van der Waals surface area contributed by atoms with Gasteiger partial charge < -0.3 is 5.32 Å². The Balaban J connectivity index is 1.15. The molecular weight excluding hydrogens is 420 g/mol. The van der Waals surface area contributed by atoms with Crippen LogP contribution in [0, 0.1) is 29.1 Å². The zero-order valence-electron chi connectivity index (χ0n) is 19.1. The molecule has 1 amide bonds. The number of hydrogen-bond acceptors (Lipinski definition) is 3. The van der Waals surface area contributed by atoms with E-state index in [9.17, 15) is 13.2 Å². The van der Waals surface area contributed by atoms with E-state index < -0.39 is 10.0 Å². The Kier molecular flexibility index (Phi) is 5.95. The SMILES string of the molecule is CC(NC(=O)C1CCN(S(=O)(=O)C=Cc2ccccc2)CC1)C12CC3CC(CC(C3)C1)C2. The number of carbonyl (C=O) groups is 1. The third-order valence-corrected chi connectivity index (χ3v) is 10.3. The molecule has 32 heavy (non-hydrogen) atoms. The van der Waals surface area contributed by atoms with Gasteiger partial charge in [0.15, 0.2) is 0 Å². The normalized spacial score (nSPS) is 34.1. The van der Waals surface area contributed by atoms with Gasteiger partial charge in [-0.25, -0.2) is 8.42 Å². The van der Waals surface area contributed by atoms with E-state index in [0.717, 1.165) is 23.3 Å². The lowest BCUT2D eigenvalue weighted by atomic mass is 9.48. The van der Waals surface area contributed by atoms with Gasteiger partial charge in [0.2, 0.25) is 15.9 Å². The zero-order chi connectivity index (χ0) is 22.3. The maximum atomic E-state index is 13.1. The summed E-state index contributed by atoms with van der Waals surface area (Å²) in [6.45, 7) is 3.04. The molecule has 1 unspecified atom stereocenters. The third kappa shape index (κ3) is 4.41. The fourth-order valence-electron chi connectivity index (χ4n) is 7.38. The van der Waals surface area contributed by atoms with Gasteiger partial charge in [-0.15, -0.1) is 0 Å². The van der Waals surface area contributed by atoms with Gasteiger partial charge in [0, 0.05) is 30.5 Å². The Morgan fingerprint density at radius 2 is 1.59 bits per heavy atom. The first-order valence-electron chi connectivity index (χ1n) is 12.4. The van der Waals surface area contributed by atoms with Crippen LogP contribution in [0.4, 0.5) is 0 Å². The van der Waals surface area contributed by atoms with Crippen LogP contribution in [0.2, 0.25) is 0 Å². The van der Waals surface area contributed by atoms with Crippen LogP contribution in [0.25, 0.3) is 6.08 Å². The smallest absolute Gasteiger partial charge is 0.236 e. The number of benzene rings is 1.